The second kappa shape index (κ2) is 4.56. The van der Waals surface area contributed by atoms with Crippen molar-refractivity contribution in [3.63, 3.8) is 0 Å². The minimum Gasteiger partial charge on any atom is -0.295 e. The van der Waals surface area contributed by atoms with Crippen LogP contribution in [0.3, 0.4) is 0 Å². The highest BCUT2D eigenvalue weighted by Gasteiger charge is 2.03. The Labute approximate surface area is 66.9 Å². The van der Waals surface area contributed by atoms with E-state index in [9.17, 15) is 4.79 Å². The number of allylic oxidation sites excluding steroid dienone is 2. The van der Waals surface area contributed by atoms with Gasteiger partial charge in [-0.3, -0.25) is 4.79 Å². The van der Waals surface area contributed by atoms with Gasteiger partial charge >= 0.3 is 0 Å². The maximum atomic E-state index is 11.0. The van der Waals surface area contributed by atoms with Gasteiger partial charge in [-0.1, -0.05) is 6.92 Å². The normalized spacial score (nSPS) is 12.8. The molecular weight excluding hydrogens is 144 g/mol. The molecule has 58 valence electrons. The molecule has 0 aliphatic rings. The molecule has 0 radical (unpaired) electrons. The fourth-order valence-electron chi connectivity index (χ4n) is 0.615. The Hall–Kier alpha value is -0.240. The third kappa shape index (κ3) is 2.56. The van der Waals surface area contributed by atoms with Crippen molar-refractivity contribution in [2.45, 2.75) is 27.2 Å². The van der Waals surface area contributed by atoms with Crippen molar-refractivity contribution >= 4 is 17.5 Å². The summed E-state index contributed by atoms with van der Waals surface area (Å²) in [7, 11) is 0. The van der Waals surface area contributed by atoms with Gasteiger partial charge < -0.3 is 0 Å². The van der Waals surface area contributed by atoms with Gasteiger partial charge in [0.15, 0.2) is 5.78 Å². The van der Waals surface area contributed by atoms with Gasteiger partial charge in [0.05, 0.1) is 0 Å². The molecule has 0 saturated heterocycles. The number of carbonyl (C=O) groups excluding carboxylic acids is 1. The minimum absolute atomic E-state index is 0.256. The number of Topliss-reactive ketones (excluding diaryl/α,β-unsaturated/α-hetero) is 1. The molecule has 0 bridgehead atoms. The van der Waals surface area contributed by atoms with E-state index in [1.165, 1.54) is 0 Å². The predicted octanol–water partition coefficient (Wildman–Crippen LogP) is 2.62. The second-order valence-corrected chi connectivity index (χ2v) is 3.18. The molecule has 10 heavy (non-hydrogen) atoms. The van der Waals surface area contributed by atoms with E-state index in [4.69, 9.17) is 0 Å². The quantitative estimate of drug-likeness (QED) is 0.587. The summed E-state index contributed by atoms with van der Waals surface area (Å²) in [5.41, 5.74) is 0.912. The van der Waals surface area contributed by atoms with Crippen molar-refractivity contribution in [3.8, 4) is 0 Å². The number of carbonyl (C=O) groups is 1. The van der Waals surface area contributed by atoms with E-state index < -0.39 is 0 Å². The van der Waals surface area contributed by atoms with E-state index in [0.717, 1.165) is 10.5 Å². The zero-order valence-corrected chi connectivity index (χ0v) is 7.84. The molecule has 0 rings (SSSR count). The van der Waals surface area contributed by atoms with E-state index in [0.29, 0.717) is 6.42 Å². The van der Waals surface area contributed by atoms with E-state index in [1.807, 2.05) is 27.0 Å². The SMILES string of the molecule is CCC(=O)/C(C)=C(/C)SC. The van der Waals surface area contributed by atoms with Gasteiger partial charge in [0.25, 0.3) is 0 Å². The molecule has 0 atom stereocenters. The smallest absolute Gasteiger partial charge is 0.159 e. The molecule has 0 aromatic heterocycles. The molecule has 0 N–H and O–H groups in total. The van der Waals surface area contributed by atoms with Crippen molar-refractivity contribution < 1.29 is 4.79 Å². The first-order valence-electron chi connectivity index (χ1n) is 3.38. The minimum atomic E-state index is 0.256. The van der Waals surface area contributed by atoms with E-state index in [1.54, 1.807) is 11.8 Å². The zero-order chi connectivity index (χ0) is 8.15. The molecule has 0 aromatic rings. The summed E-state index contributed by atoms with van der Waals surface area (Å²) in [6.45, 7) is 5.75. The maximum absolute atomic E-state index is 11.0. The molecule has 0 saturated carbocycles. The standard InChI is InChI=1S/C8H14OS/c1-5-8(9)6(2)7(3)10-4/h5H2,1-4H3/b7-6-. The molecule has 0 aromatic carbocycles. The summed E-state index contributed by atoms with van der Waals surface area (Å²) in [6.07, 6.45) is 2.60. The largest absolute Gasteiger partial charge is 0.295 e. The Morgan fingerprint density at radius 1 is 1.40 bits per heavy atom. The van der Waals surface area contributed by atoms with Crippen molar-refractivity contribution in [1.82, 2.24) is 0 Å². The van der Waals surface area contributed by atoms with Gasteiger partial charge in [0, 0.05) is 12.0 Å². The van der Waals surface area contributed by atoms with Crippen LogP contribution in [0.15, 0.2) is 10.5 Å². The van der Waals surface area contributed by atoms with Crippen LogP contribution >= 0.6 is 11.8 Å². The van der Waals surface area contributed by atoms with Crippen molar-refractivity contribution in [1.29, 1.82) is 0 Å². The number of rotatable bonds is 3. The molecule has 0 fully saturated rings. The van der Waals surface area contributed by atoms with Gasteiger partial charge in [-0.2, -0.15) is 0 Å². The van der Waals surface area contributed by atoms with Gasteiger partial charge in [0.2, 0.25) is 0 Å². The van der Waals surface area contributed by atoms with Crippen LogP contribution in [0.1, 0.15) is 27.2 Å². The van der Waals surface area contributed by atoms with E-state index >= 15 is 0 Å². The number of ketones is 1. The molecule has 0 spiro atoms. The lowest BCUT2D eigenvalue weighted by molar-refractivity contribution is -0.115. The molecule has 1 nitrogen and oxygen atoms in total. The van der Waals surface area contributed by atoms with Gasteiger partial charge in [-0.15, -0.1) is 11.8 Å². The summed E-state index contributed by atoms with van der Waals surface area (Å²) in [4.78, 5) is 12.2. The van der Waals surface area contributed by atoms with Crippen LogP contribution in [0.2, 0.25) is 0 Å². The van der Waals surface area contributed by atoms with Crippen LogP contribution in [0, 0.1) is 0 Å². The lowest BCUT2D eigenvalue weighted by Crippen LogP contribution is -1.97. The lowest BCUT2D eigenvalue weighted by Gasteiger charge is -2.00. The molecule has 2 heteroatoms. The van der Waals surface area contributed by atoms with Gasteiger partial charge in [0.1, 0.15) is 0 Å². The van der Waals surface area contributed by atoms with Gasteiger partial charge in [-0.05, 0) is 25.0 Å². The molecule has 0 aliphatic carbocycles. The Balaban J connectivity index is 4.30. The molecular formula is C8H14OS. The van der Waals surface area contributed by atoms with Crippen LogP contribution in [0.5, 0.6) is 0 Å². The van der Waals surface area contributed by atoms with Crippen LogP contribution in [-0.4, -0.2) is 12.0 Å². The first kappa shape index (κ1) is 9.76. The predicted molar refractivity (Wildman–Crippen MR) is 47.2 cm³/mol. The Morgan fingerprint density at radius 3 is 2.20 bits per heavy atom. The highest BCUT2D eigenvalue weighted by Crippen LogP contribution is 2.16. The fourth-order valence-corrected chi connectivity index (χ4v) is 1.03. The van der Waals surface area contributed by atoms with E-state index in [-0.39, 0.29) is 5.78 Å². The summed E-state index contributed by atoms with van der Waals surface area (Å²) in [6, 6.07) is 0. The Morgan fingerprint density at radius 2 is 1.90 bits per heavy atom. The monoisotopic (exact) mass is 158 g/mol. The van der Waals surface area contributed by atoms with Crippen LogP contribution in [0.25, 0.3) is 0 Å². The average molecular weight is 158 g/mol. The number of thioether (sulfide) groups is 1. The summed E-state index contributed by atoms with van der Waals surface area (Å²) in [5.74, 6) is 0.256. The number of hydrogen-bond acceptors (Lipinski definition) is 2. The maximum Gasteiger partial charge on any atom is 0.159 e. The Bertz CT molecular complexity index is 159. The highest BCUT2D eigenvalue weighted by atomic mass is 32.2. The first-order chi connectivity index (χ1) is 4.63. The topological polar surface area (TPSA) is 17.1 Å². The molecule has 0 aliphatic heterocycles. The molecule has 0 amide bonds. The fraction of sp³-hybridized carbons (Fsp3) is 0.625. The highest BCUT2D eigenvalue weighted by molar-refractivity contribution is 8.02. The second-order valence-electron chi connectivity index (χ2n) is 2.16. The third-order valence-electron chi connectivity index (χ3n) is 1.57. The third-order valence-corrected chi connectivity index (χ3v) is 2.49. The lowest BCUT2D eigenvalue weighted by atomic mass is 10.1. The van der Waals surface area contributed by atoms with Crippen molar-refractivity contribution in [2.24, 2.45) is 0 Å². The average Bonchev–Trinajstić information content (AvgIpc) is 2.00. The molecule has 0 heterocycles. The van der Waals surface area contributed by atoms with Crippen LogP contribution < -0.4 is 0 Å². The Kier molecular flexibility index (Phi) is 4.45. The van der Waals surface area contributed by atoms with Crippen LogP contribution in [0.4, 0.5) is 0 Å². The zero-order valence-electron chi connectivity index (χ0n) is 7.02. The van der Waals surface area contributed by atoms with Crippen molar-refractivity contribution in [2.75, 3.05) is 6.26 Å². The van der Waals surface area contributed by atoms with Gasteiger partial charge in [-0.25, -0.2) is 0 Å². The van der Waals surface area contributed by atoms with Crippen molar-refractivity contribution in [3.05, 3.63) is 10.5 Å². The summed E-state index contributed by atoms with van der Waals surface area (Å²) >= 11 is 1.64. The summed E-state index contributed by atoms with van der Waals surface area (Å²) in [5, 5.41) is 0. The molecule has 0 unspecified atom stereocenters. The van der Waals surface area contributed by atoms with E-state index in [2.05, 4.69) is 0 Å². The van der Waals surface area contributed by atoms with Crippen LogP contribution in [-0.2, 0) is 4.79 Å². The summed E-state index contributed by atoms with van der Waals surface area (Å²) < 4.78 is 0. The first-order valence-corrected chi connectivity index (χ1v) is 4.60. The number of hydrogen-bond donors (Lipinski definition) is 0.